The van der Waals surface area contributed by atoms with Gasteiger partial charge in [-0.1, -0.05) is 0 Å². The average molecular weight is 184 g/mol. The summed E-state index contributed by atoms with van der Waals surface area (Å²) >= 11 is 0. The van der Waals surface area contributed by atoms with E-state index in [-0.39, 0.29) is 23.8 Å². The number of hydrogen-bond donors (Lipinski definition) is 2. The van der Waals surface area contributed by atoms with Gasteiger partial charge in [0.2, 0.25) is 5.91 Å². The zero-order chi connectivity index (χ0) is 9.26. The second-order valence-corrected chi connectivity index (χ2v) is 3.42. The predicted octanol–water partition coefficient (Wildman–Crippen LogP) is -0.667. The number of rotatable bonds is 3. The van der Waals surface area contributed by atoms with Crippen molar-refractivity contribution in [2.45, 2.75) is 25.3 Å². The molecule has 1 saturated heterocycles. The van der Waals surface area contributed by atoms with Crippen molar-refractivity contribution in [1.82, 2.24) is 10.9 Å². The van der Waals surface area contributed by atoms with E-state index in [0.29, 0.717) is 13.0 Å². The van der Waals surface area contributed by atoms with E-state index in [9.17, 15) is 9.59 Å². The van der Waals surface area contributed by atoms with Gasteiger partial charge in [0.05, 0.1) is 6.61 Å². The lowest BCUT2D eigenvalue weighted by molar-refractivity contribution is -0.140. The monoisotopic (exact) mass is 184 g/mol. The van der Waals surface area contributed by atoms with Gasteiger partial charge in [0, 0.05) is 12.3 Å². The Bertz CT molecular complexity index is 238. The maximum absolute atomic E-state index is 11.1. The van der Waals surface area contributed by atoms with Crippen LogP contribution in [-0.2, 0) is 14.3 Å². The number of esters is 1. The number of amides is 1. The highest BCUT2D eigenvalue weighted by Crippen LogP contribution is 2.28. The maximum atomic E-state index is 11.1. The largest absolute Gasteiger partial charge is 0.464 e. The first kappa shape index (κ1) is 8.50. The average Bonchev–Trinajstić information content (AvgIpc) is 2.88. The molecule has 2 N–H and O–H groups in total. The molecule has 1 saturated carbocycles. The molecule has 0 aromatic rings. The second-order valence-electron chi connectivity index (χ2n) is 3.42. The summed E-state index contributed by atoms with van der Waals surface area (Å²) in [7, 11) is 0. The lowest BCUT2D eigenvalue weighted by Gasteiger charge is -2.09. The fourth-order valence-corrected chi connectivity index (χ4v) is 1.23. The van der Waals surface area contributed by atoms with Crippen LogP contribution in [0.15, 0.2) is 0 Å². The normalized spacial score (nSPS) is 27.1. The van der Waals surface area contributed by atoms with Gasteiger partial charge in [0.1, 0.15) is 6.04 Å². The number of nitrogens with one attached hydrogen (secondary N) is 2. The number of hydrogen-bond acceptors (Lipinski definition) is 4. The summed E-state index contributed by atoms with van der Waals surface area (Å²) in [6.45, 7) is 0.440. The molecule has 2 fully saturated rings. The van der Waals surface area contributed by atoms with Crippen LogP contribution in [0.3, 0.4) is 0 Å². The Labute approximate surface area is 75.8 Å². The van der Waals surface area contributed by atoms with Gasteiger partial charge in [-0.2, -0.15) is 0 Å². The quantitative estimate of drug-likeness (QED) is 0.451. The molecule has 0 bridgehead atoms. The third-order valence-electron chi connectivity index (χ3n) is 2.25. The Morgan fingerprint density at radius 3 is 2.69 bits per heavy atom. The van der Waals surface area contributed by atoms with E-state index in [2.05, 4.69) is 10.9 Å². The molecule has 0 aromatic carbocycles. The van der Waals surface area contributed by atoms with E-state index in [1.165, 1.54) is 0 Å². The van der Waals surface area contributed by atoms with Gasteiger partial charge in [-0.05, 0) is 12.8 Å². The molecule has 1 amide bonds. The first-order valence-corrected chi connectivity index (χ1v) is 4.49. The number of ether oxygens (including phenoxy) is 1. The van der Waals surface area contributed by atoms with Crippen LogP contribution in [-0.4, -0.2) is 24.5 Å². The highest BCUT2D eigenvalue weighted by Gasteiger charge is 2.31. The molecular weight excluding hydrogens is 172 g/mol. The number of carbonyl (C=O) groups is 2. The highest BCUT2D eigenvalue weighted by molar-refractivity contribution is 5.82. The van der Waals surface area contributed by atoms with E-state index in [4.69, 9.17) is 4.74 Å². The molecule has 1 atom stereocenters. The third kappa shape index (κ3) is 1.98. The zero-order valence-corrected chi connectivity index (χ0v) is 7.21. The van der Waals surface area contributed by atoms with Gasteiger partial charge in [-0.3, -0.25) is 15.0 Å². The zero-order valence-electron chi connectivity index (χ0n) is 7.21. The lowest BCUT2D eigenvalue weighted by Crippen LogP contribution is -2.46. The first-order valence-electron chi connectivity index (χ1n) is 4.49. The van der Waals surface area contributed by atoms with Crippen LogP contribution in [0.4, 0.5) is 0 Å². The van der Waals surface area contributed by atoms with Gasteiger partial charge >= 0.3 is 5.97 Å². The smallest absolute Gasteiger partial charge is 0.325 e. The summed E-state index contributed by atoms with van der Waals surface area (Å²) in [5, 5.41) is 0. The molecule has 0 spiro atoms. The van der Waals surface area contributed by atoms with Crippen LogP contribution in [0, 0.1) is 5.92 Å². The molecule has 1 heterocycles. The molecule has 5 heteroatoms. The highest BCUT2D eigenvalue weighted by atomic mass is 16.5. The van der Waals surface area contributed by atoms with Crippen LogP contribution < -0.4 is 10.9 Å². The number of carbonyl (C=O) groups excluding carboxylic acids is 2. The van der Waals surface area contributed by atoms with E-state index in [1.807, 2.05) is 0 Å². The minimum Gasteiger partial charge on any atom is -0.464 e. The molecule has 2 aliphatic rings. The molecule has 5 nitrogen and oxygen atoms in total. The van der Waals surface area contributed by atoms with E-state index in [1.54, 1.807) is 0 Å². The summed E-state index contributed by atoms with van der Waals surface area (Å²) in [6, 6.07) is -0.359. The minimum absolute atomic E-state index is 0.0142. The molecule has 1 aliphatic heterocycles. The summed E-state index contributed by atoms with van der Waals surface area (Å²) < 4.78 is 4.72. The van der Waals surface area contributed by atoms with Crippen molar-refractivity contribution < 1.29 is 14.3 Å². The summed E-state index contributed by atoms with van der Waals surface area (Å²) in [6.07, 6.45) is 2.55. The Hall–Kier alpha value is -1.10. The standard InChI is InChI=1S/C8H12N2O3/c11-7(5-1-2-5)10-9-6-3-4-13-8(6)12/h5-6,9H,1-4H2,(H,10,11). The fraction of sp³-hybridized carbons (Fsp3) is 0.750. The summed E-state index contributed by atoms with van der Waals surface area (Å²) in [4.78, 5) is 22.1. The Morgan fingerprint density at radius 1 is 1.38 bits per heavy atom. The van der Waals surface area contributed by atoms with Gasteiger partial charge in [0.25, 0.3) is 0 Å². The summed E-state index contributed by atoms with van der Waals surface area (Å²) in [5.74, 6) is -0.138. The molecule has 13 heavy (non-hydrogen) atoms. The Kier molecular flexibility index (Phi) is 2.18. The van der Waals surface area contributed by atoms with Crippen molar-refractivity contribution in [2.24, 2.45) is 5.92 Å². The number of cyclic esters (lactones) is 1. The number of hydrazine groups is 1. The van der Waals surface area contributed by atoms with Crippen molar-refractivity contribution in [2.75, 3.05) is 6.61 Å². The molecule has 1 unspecified atom stereocenters. The van der Waals surface area contributed by atoms with E-state index < -0.39 is 0 Å². The van der Waals surface area contributed by atoms with Crippen LogP contribution in [0.25, 0.3) is 0 Å². The molecular formula is C8H12N2O3. The van der Waals surface area contributed by atoms with Crippen molar-refractivity contribution >= 4 is 11.9 Å². The van der Waals surface area contributed by atoms with Crippen molar-refractivity contribution in [1.29, 1.82) is 0 Å². The molecule has 1 aliphatic carbocycles. The van der Waals surface area contributed by atoms with E-state index in [0.717, 1.165) is 12.8 Å². The van der Waals surface area contributed by atoms with Crippen LogP contribution in [0.5, 0.6) is 0 Å². The van der Waals surface area contributed by atoms with Gasteiger partial charge in [0.15, 0.2) is 0 Å². The van der Waals surface area contributed by atoms with Crippen molar-refractivity contribution in [3.05, 3.63) is 0 Å². The second kappa shape index (κ2) is 3.33. The van der Waals surface area contributed by atoms with Gasteiger partial charge < -0.3 is 4.74 Å². The topological polar surface area (TPSA) is 67.4 Å². The third-order valence-corrected chi connectivity index (χ3v) is 2.25. The first-order chi connectivity index (χ1) is 6.27. The fourth-order valence-electron chi connectivity index (χ4n) is 1.23. The SMILES string of the molecule is O=C(NNC1CCOC1=O)C1CC1. The van der Waals surface area contributed by atoms with Crippen molar-refractivity contribution in [3.8, 4) is 0 Å². The molecule has 0 aromatic heterocycles. The van der Waals surface area contributed by atoms with Crippen LogP contribution >= 0.6 is 0 Å². The van der Waals surface area contributed by atoms with Gasteiger partial charge in [-0.25, -0.2) is 5.43 Å². The Morgan fingerprint density at radius 2 is 2.15 bits per heavy atom. The minimum atomic E-state index is -0.359. The molecule has 2 rings (SSSR count). The molecule has 72 valence electrons. The van der Waals surface area contributed by atoms with Crippen LogP contribution in [0.1, 0.15) is 19.3 Å². The van der Waals surface area contributed by atoms with E-state index >= 15 is 0 Å². The summed E-state index contributed by atoms with van der Waals surface area (Å²) in [5.41, 5.74) is 5.21. The Balaban J connectivity index is 1.71. The predicted molar refractivity (Wildman–Crippen MR) is 43.4 cm³/mol. The maximum Gasteiger partial charge on any atom is 0.325 e. The van der Waals surface area contributed by atoms with Crippen LogP contribution in [0.2, 0.25) is 0 Å². The van der Waals surface area contributed by atoms with Crippen molar-refractivity contribution in [3.63, 3.8) is 0 Å². The molecule has 0 radical (unpaired) electrons. The lowest BCUT2D eigenvalue weighted by atomic mass is 10.3. The van der Waals surface area contributed by atoms with Gasteiger partial charge in [-0.15, -0.1) is 0 Å².